The first-order valence-electron chi connectivity index (χ1n) is 18.7. The molecule has 0 spiro atoms. The number of rotatable bonds is 15. The van der Waals surface area contributed by atoms with Crippen LogP contribution in [-0.2, 0) is 33.5 Å². The Hall–Kier alpha value is -4.41. The predicted molar refractivity (Wildman–Crippen MR) is 211 cm³/mol. The van der Waals surface area contributed by atoms with E-state index in [1.54, 1.807) is 51.2 Å². The van der Waals surface area contributed by atoms with Gasteiger partial charge < -0.3 is 35.8 Å². The highest BCUT2D eigenvalue weighted by molar-refractivity contribution is 14.1. The lowest BCUT2D eigenvalue weighted by molar-refractivity contribution is -0.244. The Kier molecular flexibility index (Phi) is 16.3. The van der Waals surface area contributed by atoms with Crippen LogP contribution < -0.4 is 21.3 Å². The van der Waals surface area contributed by atoms with Gasteiger partial charge >= 0.3 is 12.3 Å². The third-order valence-corrected chi connectivity index (χ3v) is 11.6. The Bertz CT molecular complexity index is 1700. The number of likely N-dealkylation sites (tertiary alicyclic amines) is 1. The van der Waals surface area contributed by atoms with Gasteiger partial charge in [-0.1, -0.05) is 72.2 Å². The summed E-state index contributed by atoms with van der Waals surface area (Å²) in [5, 5.41) is 9.63. The van der Waals surface area contributed by atoms with Gasteiger partial charge in [0.25, 0.3) is 5.91 Å². The number of alkyl halides is 4. The fourth-order valence-electron chi connectivity index (χ4n) is 6.69. The normalized spacial score (nSPS) is 19.2. The number of Topliss-reactive ketones (excluding diaryl/α,β-unsaturated/α-hetero) is 1. The van der Waals surface area contributed by atoms with Crippen LogP contribution >= 0.6 is 22.6 Å². The number of ether oxygens (including phenoxy) is 1. The van der Waals surface area contributed by atoms with Crippen LogP contribution in [0.15, 0.2) is 30.3 Å². The average Bonchev–Trinajstić information content (AvgIpc) is 3.64. The first-order chi connectivity index (χ1) is 26.5. The van der Waals surface area contributed by atoms with Crippen LogP contribution in [0.1, 0.15) is 84.7 Å². The van der Waals surface area contributed by atoms with E-state index in [1.807, 2.05) is 22.6 Å². The molecule has 1 saturated carbocycles. The predicted octanol–water partition coefficient (Wildman–Crippen LogP) is 3.78. The minimum Gasteiger partial charge on any atom is -0.434 e. The van der Waals surface area contributed by atoms with Crippen LogP contribution in [0.3, 0.4) is 0 Å². The van der Waals surface area contributed by atoms with Gasteiger partial charge in [0.15, 0.2) is 0 Å². The van der Waals surface area contributed by atoms with Crippen molar-refractivity contribution in [2.75, 3.05) is 24.7 Å². The zero-order valence-electron chi connectivity index (χ0n) is 33.0. The third kappa shape index (κ3) is 12.3. The smallest absolute Gasteiger partial charge is 0.427 e. The van der Waals surface area contributed by atoms with Crippen molar-refractivity contribution in [3.8, 4) is 12.3 Å². The molecule has 14 nitrogen and oxygen atoms in total. The van der Waals surface area contributed by atoms with Crippen LogP contribution in [0.4, 0.5) is 18.0 Å². The van der Waals surface area contributed by atoms with Crippen molar-refractivity contribution >= 4 is 64.0 Å². The summed E-state index contributed by atoms with van der Waals surface area (Å²) < 4.78 is 45.7. The summed E-state index contributed by atoms with van der Waals surface area (Å²) in [6.07, 6.45) is 2.76. The van der Waals surface area contributed by atoms with E-state index < -0.39 is 101 Å². The van der Waals surface area contributed by atoms with Gasteiger partial charge in [0, 0.05) is 19.0 Å². The number of ketones is 1. The second kappa shape index (κ2) is 19.8. The molecule has 2 fully saturated rings. The largest absolute Gasteiger partial charge is 0.434 e. The van der Waals surface area contributed by atoms with E-state index in [0.717, 1.165) is 6.42 Å². The van der Waals surface area contributed by atoms with Gasteiger partial charge in [-0.15, -0.1) is 12.3 Å². The molecule has 1 saturated heterocycles. The van der Waals surface area contributed by atoms with Crippen LogP contribution in [0.2, 0.25) is 0 Å². The van der Waals surface area contributed by atoms with E-state index in [4.69, 9.17) is 11.2 Å². The maximum atomic E-state index is 14.4. The van der Waals surface area contributed by atoms with Crippen LogP contribution in [0.25, 0.3) is 0 Å². The standard InChI is InChI=1S/C39H52F3IN6O8/c1-8-37(3,4)26-19-27(49(21-26)35(55)30(25-17-13-10-14-18-25)47-36(56)57-38(5,6)39(40,41)42)32(52)45-23(2)31(51)33(53)44-20-28(50)46-29(34(54)48(7)22-43)24-15-11-9-12-16-24/h1,9,11-12,15-16,23,25-27,29-30H,10,13-14,17-22H2,2-7H3,(H,44,53)(H,45,52)(H,46,50)(H,47,56)/t23?,26-,27+,29+,30+/m1/s1. The number of nitrogens with zero attached hydrogens (tertiary/aromatic N) is 2. The Morgan fingerprint density at radius 3 is 2.16 bits per heavy atom. The number of hydrogen-bond donors (Lipinski definition) is 4. The second-order valence-electron chi connectivity index (χ2n) is 15.6. The van der Waals surface area contributed by atoms with Crippen molar-refractivity contribution < 1.29 is 51.5 Å². The maximum absolute atomic E-state index is 14.4. The molecule has 5 atom stereocenters. The molecule has 0 radical (unpaired) electrons. The summed E-state index contributed by atoms with van der Waals surface area (Å²) in [4.78, 5) is 95.6. The number of likely N-dealkylation sites (N-methyl/N-ethyl adjacent to an activating group) is 1. The number of benzene rings is 1. The summed E-state index contributed by atoms with van der Waals surface area (Å²) in [6, 6.07) is 3.40. The fourth-order valence-corrected chi connectivity index (χ4v) is 7.02. The molecule has 1 aromatic carbocycles. The lowest BCUT2D eigenvalue weighted by atomic mass is 9.78. The molecule has 4 N–H and O–H groups in total. The lowest BCUT2D eigenvalue weighted by Crippen LogP contribution is -2.58. The zero-order valence-corrected chi connectivity index (χ0v) is 35.1. The van der Waals surface area contributed by atoms with E-state index in [9.17, 15) is 46.7 Å². The Morgan fingerprint density at radius 1 is 0.982 bits per heavy atom. The molecular weight excluding hydrogens is 864 g/mol. The molecule has 3 rings (SSSR count). The van der Waals surface area contributed by atoms with Crippen molar-refractivity contribution in [2.45, 2.75) is 109 Å². The minimum absolute atomic E-state index is 0.0407. The van der Waals surface area contributed by atoms with E-state index in [0.29, 0.717) is 49.6 Å². The molecule has 0 bridgehead atoms. The first-order valence-corrected chi connectivity index (χ1v) is 20.2. The highest BCUT2D eigenvalue weighted by Gasteiger charge is 2.52. The summed E-state index contributed by atoms with van der Waals surface area (Å²) >= 11 is 2.00. The zero-order chi connectivity index (χ0) is 42.9. The quantitative estimate of drug-likeness (QED) is 0.0675. The van der Waals surface area contributed by atoms with Gasteiger partial charge in [0.1, 0.15) is 18.1 Å². The first kappa shape index (κ1) is 47.0. The topological polar surface area (TPSA) is 183 Å². The number of amides is 6. The van der Waals surface area contributed by atoms with Crippen LogP contribution in [0.5, 0.6) is 0 Å². The SMILES string of the molecule is C#CC(C)(C)[C@@H]1C[C@@H](C(=O)NC(C)C(=O)C(=O)NCC(=O)N[C@H](C(=O)N(C)CI)c2ccccc2)N(C(=O)[C@@H](NC(=O)OC(C)(C)C(F)(F)F)C2CCCCC2)C1. The van der Waals surface area contributed by atoms with E-state index in [-0.39, 0.29) is 13.0 Å². The molecule has 1 aliphatic heterocycles. The molecule has 1 unspecified atom stereocenters. The monoisotopic (exact) mass is 916 g/mol. The van der Waals surface area contributed by atoms with Gasteiger partial charge in [-0.2, -0.15) is 13.2 Å². The summed E-state index contributed by atoms with van der Waals surface area (Å²) in [5.74, 6) is -3.23. The molecule has 6 amide bonds. The van der Waals surface area contributed by atoms with Crippen molar-refractivity contribution in [1.82, 2.24) is 31.1 Å². The summed E-state index contributed by atoms with van der Waals surface area (Å²) in [7, 11) is 1.56. The van der Waals surface area contributed by atoms with Gasteiger partial charge in [-0.25, -0.2) is 4.79 Å². The number of hydrogen-bond acceptors (Lipinski definition) is 8. The van der Waals surface area contributed by atoms with Crippen LogP contribution in [-0.4, -0.2) is 106 Å². The minimum atomic E-state index is -4.89. The highest BCUT2D eigenvalue weighted by Crippen LogP contribution is 2.39. The van der Waals surface area contributed by atoms with Crippen molar-refractivity contribution in [2.24, 2.45) is 17.3 Å². The number of carbonyl (C=O) groups excluding carboxylic acids is 7. The molecule has 57 heavy (non-hydrogen) atoms. The number of halogens is 4. The van der Waals surface area contributed by atoms with Gasteiger partial charge in [0.05, 0.1) is 17.1 Å². The molecule has 1 heterocycles. The van der Waals surface area contributed by atoms with Gasteiger partial charge in [-0.05, 0) is 71.3 Å². The van der Waals surface area contributed by atoms with Gasteiger partial charge in [0.2, 0.25) is 35.0 Å². The number of alkyl carbamates (subject to hydrolysis) is 1. The molecule has 314 valence electrons. The lowest BCUT2D eigenvalue weighted by Gasteiger charge is -2.35. The van der Waals surface area contributed by atoms with Crippen molar-refractivity contribution in [3.63, 3.8) is 0 Å². The van der Waals surface area contributed by atoms with E-state index in [2.05, 4.69) is 27.2 Å². The molecule has 2 aliphatic rings. The molecular formula is C39H52F3IN6O8. The molecule has 0 aromatic heterocycles. The van der Waals surface area contributed by atoms with E-state index >= 15 is 0 Å². The fraction of sp³-hybridized carbons (Fsp3) is 0.615. The Morgan fingerprint density at radius 2 is 1.60 bits per heavy atom. The summed E-state index contributed by atoms with van der Waals surface area (Å²) in [6.45, 7) is 5.42. The van der Waals surface area contributed by atoms with Gasteiger partial charge in [-0.3, -0.25) is 28.8 Å². The third-order valence-electron chi connectivity index (χ3n) is 10.6. The van der Waals surface area contributed by atoms with Crippen molar-refractivity contribution in [3.05, 3.63) is 35.9 Å². The number of nitrogens with one attached hydrogen (secondary N) is 4. The van der Waals surface area contributed by atoms with Crippen LogP contribution in [0, 0.1) is 29.6 Å². The number of terminal acetylenes is 1. The summed E-state index contributed by atoms with van der Waals surface area (Å²) in [5.41, 5.74) is -3.18. The molecule has 1 aromatic rings. The highest BCUT2D eigenvalue weighted by atomic mass is 127. The molecule has 1 aliphatic carbocycles. The second-order valence-corrected chi connectivity index (χ2v) is 16.2. The van der Waals surface area contributed by atoms with Crippen molar-refractivity contribution in [1.29, 1.82) is 0 Å². The Balaban J connectivity index is 1.76. The Labute approximate surface area is 344 Å². The maximum Gasteiger partial charge on any atom is 0.427 e. The molecule has 18 heteroatoms. The van der Waals surface area contributed by atoms with E-state index in [1.165, 1.54) is 16.7 Å². The number of carbonyl (C=O) groups is 7. The average molecular weight is 917 g/mol.